The molecule has 1 amide bonds. The van der Waals surface area contributed by atoms with Gasteiger partial charge in [-0.05, 0) is 24.3 Å². The Labute approximate surface area is 160 Å². The molecular formula is C17H18N2O4S3. The average Bonchev–Trinajstić information content (AvgIpc) is 3.14. The fourth-order valence-electron chi connectivity index (χ4n) is 2.44. The summed E-state index contributed by atoms with van der Waals surface area (Å²) in [5.41, 5.74) is 1.42. The van der Waals surface area contributed by atoms with E-state index in [0.717, 1.165) is 17.1 Å². The molecule has 3 rings (SSSR count). The summed E-state index contributed by atoms with van der Waals surface area (Å²) in [6.45, 7) is -0.168. The molecule has 0 aliphatic carbocycles. The monoisotopic (exact) mass is 410 g/mol. The smallest absolute Gasteiger partial charge is 0.262 e. The van der Waals surface area contributed by atoms with Crippen molar-refractivity contribution >= 4 is 45.1 Å². The third-order valence-electron chi connectivity index (χ3n) is 3.60. The number of hydrogen-bond donors (Lipinski definition) is 2. The maximum atomic E-state index is 12.2. The zero-order valence-electron chi connectivity index (χ0n) is 13.8. The standard InChI is InChI=1S/C17H18N2O4S3/c18-26(21,22)13-5-3-4-12(10-13)19-16(20)11-23-15-7-2-1-6-14(15)17-24-8-9-25-17/h1-7,10,17H,8-9,11H2,(H,19,20)(H2,18,21,22). The van der Waals surface area contributed by atoms with E-state index < -0.39 is 10.0 Å². The van der Waals surface area contributed by atoms with Gasteiger partial charge in [0.2, 0.25) is 10.0 Å². The van der Waals surface area contributed by atoms with E-state index in [0.29, 0.717) is 16.0 Å². The minimum absolute atomic E-state index is 0.0585. The Hall–Kier alpha value is -1.68. The topological polar surface area (TPSA) is 98.5 Å². The molecule has 0 saturated carbocycles. The van der Waals surface area contributed by atoms with Crippen LogP contribution in [0.15, 0.2) is 53.4 Å². The number of rotatable bonds is 6. The zero-order chi connectivity index (χ0) is 18.6. The lowest BCUT2D eigenvalue weighted by Gasteiger charge is -2.15. The molecule has 1 aliphatic rings. The summed E-state index contributed by atoms with van der Waals surface area (Å²) >= 11 is 3.73. The Morgan fingerprint density at radius 2 is 1.88 bits per heavy atom. The first kappa shape index (κ1) is 19.1. The van der Waals surface area contributed by atoms with Crippen LogP contribution in [0, 0.1) is 0 Å². The van der Waals surface area contributed by atoms with Crippen LogP contribution in [0.2, 0.25) is 0 Å². The van der Waals surface area contributed by atoms with E-state index in [-0.39, 0.29) is 17.4 Å². The first-order chi connectivity index (χ1) is 12.4. The third-order valence-corrected chi connectivity index (χ3v) is 7.58. The number of carbonyl (C=O) groups is 1. The number of nitrogens with two attached hydrogens (primary N) is 1. The minimum Gasteiger partial charge on any atom is -0.483 e. The van der Waals surface area contributed by atoms with Crippen molar-refractivity contribution in [1.29, 1.82) is 0 Å². The number of anilines is 1. The van der Waals surface area contributed by atoms with E-state index in [9.17, 15) is 13.2 Å². The van der Waals surface area contributed by atoms with Gasteiger partial charge in [-0.3, -0.25) is 4.79 Å². The number of amides is 1. The molecule has 0 bridgehead atoms. The Morgan fingerprint density at radius 3 is 2.62 bits per heavy atom. The highest BCUT2D eigenvalue weighted by atomic mass is 32.2. The Bertz CT molecular complexity index is 896. The second-order valence-electron chi connectivity index (χ2n) is 5.52. The van der Waals surface area contributed by atoms with Gasteiger partial charge in [-0.25, -0.2) is 13.6 Å². The van der Waals surface area contributed by atoms with E-state index in [1.54, 1.807) is 6.07 Å². The summed E-state index contributed by atoms with van der Waals surface area (Å²) in [6, 6.07) is 13.5. The number of ether oxygens (including phenoxy) is 1. The van der Waals surface area contributed by atoms with Gasteiger partial charge in [-0.15, -0.1) is 23.5 Å². The van der Waals surface area contributed by atoms with E-state index in [1.807, 2.05) is 47.8 Å². The van der Waals surface area contributed by atoms with Crippen LogP contribution in [0.4, 0.5) is 5.69 Å². The molecule has 3 N–H and O–H groups in total. The van der Waals surface area contributed by atoms with Crippen LogP contribution in [0.25, 0.3) is 0 Å². The van der Waals surface area contributed by atoms with Gasteiger partial charge in [0.1, 0.15) is 5.75 Å². The fraction of sp³-hybridized carbons (Fsp3) is 0.235. The van der Waals surface area contributed by atoms with Gasteiger partial charge in [-0.2, -0.15) is 0 Å². The second kappa shape index (κ2) is 8.34. The summed E-state index contributed by atoms with van der Waals surface area (Å²) in [7, 11) is -3.82. The van der Waals surface area contributed by atoms with Crippen molar-refractivity contribution in [3.8, 4) is 5.75 Å². The van der Waals surface area contributed by atoms with Crippen molar-refractivity contribution in [3.63, 3.8) is 0 Å². The SMILES string of the molecule is NS(=O)(=O)c1cccc(NC(=O)COc2ccccc2C2SCCS2)c1. The third kappa shape index (κ3) is 4.94. The average molecular weight is 411 g/mol. The molecule has 1 aliphatic heterocycles. The number of primary sulfonamides is 1. The molecule has 1 heterocycles. The van der Waals surface area contributed by atoms with Gasteiger partial charge in [0.25, 0.3) is 5.91 Å². The number of nitrogens with one attached hydrogen (secondary N) is 1. The van der Waals surface area contributed by atoms with Gasteiger partial charge in [0.15, 0.2) is 6.61 Å². The maximum absolute atomic E-state index is 12.2. The zero-order valence-corrected chi connectivity index (χ0v) is 16.2. The van der Waals surface area contributed by atoms with Crippen LogP contribution in [0.3, 0.4) is 0 Å². The molecule has 9 heteroatoms. The molecule has 6 nitrogen and oxygen atoms in total. The largest absolute Gasteiger partial charge is 0.483 e. The van der Waals surface area contributed by atoms with Crippen molar-refractivity contribution < 1.29 is 17.9 Å². The molecule has 2 aromatic carbocycles. The van der Waals surface area contributed by atoms with Crippen molar-refractivity contribution in [2.75, 3.05) is 23.4 Å². The Balaban J connectivity index is 1.63. The summed E-state index contributed by atoms with van der Waals surface area (Å²) in [4.78, 5) is 12.1. The minimum atomic E-state index is -3.82. The van der Waals surface area contributed by atoms with Crippen molar-refractivity contribution in [3.05, 3.63) is 54.1 Å². The van der Waals surface area contributed by atoms with Crippen LogP contribution in [-0.4, -0.2) is 32.4 Å². The quantitative estimate of drug-likeness (QED) is 0.760. The Morgan fingerprint density at radius 1 is 1.15 bits per heavy atom. The van der Waals surface area contributed by atoms with Crippen molar-refractivity contribution in [2.45, 2.75) is 9.48 Å². The predicted molar refractivity (Wildman–Crippen MR) is 106 cm³/mol. The highest BCUT2D eigenvalue weighted by Gasteiger charge is 2.22. The van der Waals surface area contributed by atoms with Crippen LogP contribution >= 0.6 is 23.5 Å². The second-order valence-corrected chi connectivity index (χ2v) is 9.81. The molecule has 0 unspecified atom stereocenters. The fourth-order valence-corrected chi connectivity index (χ4v) is 5.90. The van der Waals surface area contributed by atoms with E-state index >= 15 is 0 Å². The summed E-state index contributed by atoms with van der Waals surface area (Å²) in [5.74, 6) is 2.51. The molecule has 0 atom stereocenters. The van der Waals surface area contributed by atoms with Gasteiger partial charge < -0.3 is 10.1 Å². The summed E-state index contributed by atoms with van der Waals surface area (Å²) in [5, 5.41) is 7.72. The first-order valence-corrected chi connectivity index (χ1v) is 11.5. The number of sulfonamides is 1. The highest BCUT2D eigenvalue weighted by molar-refractivity contribution is 8.19. The van der Waals surface area contributed by atoms with E-state index in [1.165, 1.54) is 18.2 Å². The number of carbonyl (C=O) groups excluding carboxylic acids is 1. The number of benzene rings is 2. The van der Waals surface area contributed by atoms with E-state index in [4.69, 9.17) is 9.88 Å². The summed E-state index contributed by atoms with van der Waals surface area (Å²) in [6.07, 6.45) is 0. The predicted octanol–water partition coefficient (Wildman–Crippen LogP) is 2.83. The van der Waals surface area contributed by atoms with Crippen LogP contribution in [0.1, 0.15) is 10.1 Å². The molecule has 0 spiro atoms. The highest BCUT2D eigenvalue weighted by Crippen LogP contribution is 2.48. The van der Waals surface area contributed by atoms with Crippen molar-refractivity contribution in [2.24, 2.45) is 5.14 Å². The number of hydrogen-bond acceptors (Lipinski definition) is 6. The lowest BCUT2D eigenvalue weighted by molar-refractivity contribution is -0.118. The van der Waals surface area contributed by atoms with Gasteiger partial charge in [-0.1, -0.05) is 24.3 Å². The molecule has 0 radical (unpaired) electrons. The maximum Gasteiger partial charge on any atom is 0.262 e. The van der Waals surface area contributed by atoms with Crippen LogP contribution < -0.4 is 15.2 Å². The first-order valence-electron chi connectivity index (χ1n) is 7.81. The van der Waals surface area contributed by atoms with E-state index in [2.05, 4.69) is 5.32 Å². The lowest BCUT2D eigenvalue weighted by atomic mass is 10.2. The molecule has 1 saturated heterocycles. The number of para-hydroxylation sites is 1. The summed E-state index contributed by atoms with van der Waals surface area (Å²) < 4.78 is 28.8. The van der Waals surface area contributed by atoms with Gasteiger partial charge in [0, 0.05) is 22.8 Å². The molecular weight excluding hydrogens is 392 g/mol. The molecule has 0 aromatic heterocycles. The molecule has 26 heavy (non-hydrogen) atoms. The van der Waals surface area contributed by atoms with Crippen molar-refractivity contribution in [1.82, 2.24) is 0 Å². The van der Waals surface area contributed by atoms with Gasteiger partial charge in [0.05, 0.1) is 9.48 Å². The normalized spacial score (nSPS) is 15.0. The van der Waals surface area contributed by atoms with Crippen LogP contribution in [-0.2, 0) is 14.8 Å². The molecule has 2 aromatic rings. The van der Waals surface area contributed by atoms with Crippen LogP contribution in [0.5, 0.6) is 5.75 Å². The Kier molecular flexibility index (Phi) is 6.13. The lowest BCUT2D eigenvalue weighted by Crippen LogP contribution is -2.21. The van der Waals surface area contributed by atoms with Gasteiger partial charge >= 0.3 is 0 Å². The molecule has 1 fully saturated rings. The number of thioether (sulfide) groups is 2. The molecule has 138 valence electrons.